The average Bonchev–Trinajstić information content (AvgIpc) is 3.37. The molecule has 0 aliphatic heterocycles. The van der Waals surface area contributed by atoms with Crippen LogP contribution >= 0.6 is 0 Å². The molecule has 0 aliphatic rings. The third kappa shape index (κ3) is 7.90. The van der Waals surface area contributed by atoms with E-state index >= 15 is 0 Å². The molecule has 0 bridgehead atoms. The number of carbonyl (C=O) groups is 1. The molecule has 3 aromatic carbocycles. The molecule has 0 saturated heterocycles. The molecule has 0 fully saturated rings. The zero-order valence-electron chi connectivity index (χ0n) is 22.1. The Hall–Kier alpha value is -3.86. The molecule has 210 valence electrons. The van der Waals surface area contributed by atoms with Crippen LogP contribution in [0.5, 0.6) is 0 Å². The van der Waals surface area contributed by atoms with Crippen LogP contribution in [-0.2, 0) is 4.79 Å². The van der Waals surface area contributed by atoms with Crippen molar-refractivity contribution in [3.05, 3.63) is 115 Å². The number of carboxylic acids is 1. The van der Waals surface area contributed by atoms with Gasteiger partial charge >= 0.3 is 43.7 Å². The van der Waals surface area contributed by atoms with Gasteiger partial charge in [-0.3, -0.25) is 4.79 Å². The van der Waals surface area contributed by atoms with Crippen molar-refractivity contribution in [2.75, 3.05) is 5.32 Å². The molecule has 5 aromatic rings. The number of carboxylic acid groups (broad SMARTS) is 1. The molecule has 5 rings (SSSR count). The molecular formula is C32H31CaN5O4. The van der Waals surface area contributed by atoms with Crippen LogP contribution in [-0.4, -0.2) is 91.0 Å². The molecule has 2 aromatic heterocycles. The van der Waals surface area contributed by atoms with Crippen LogP contribution in [0.2, 0.25) is 0 Å². The zero-order valence-corrected chi connectivity index (χ0v) is 22.1. The summed E-state index contributed by atoms with van der Waals surface area (Å²) in [5.74, 6) is -0.186. The fraction of sp³-hybridized carbons (Fsp3) is 0.125. The summed E-state index contributed by atoms with van der Waals surface area (Å²) in [4.78, 5) is 20.1. The second-order valence-corrected chi connectivity index (χ2v) is 9.40. The molecule has 0 radical (unpaired) electrons. The second kappa shape index (κ2) is 14.9. The molecule has 9 nitrogen and oxygen atoms in total. The number of anilines is 2. The Kier molecular flexibility index (Phi) is 11.0. The quantitative estimate of drug-likeness (QED) is 0.166. The van der Waals surface area contributed by atoms with Gasteiger partial charge in [-0.25, -0.2) is 9.67 Å². The molecule has 10 heteroatoms. The van der Waals surface area contributed by atoms with Crippen LogP contribution in [0.3, 0.4) is 0 Å². The first-order valence-electron chi connectivity index (χ1n) is 13.1. The summed E-state index contributed by atoms with van der Waals surface area (Å²) in [5.41, 5.74) is 4.71. The second-order valence-electron chi connectivity index (χ2n) is 9.40. The summed E-state index contributed by atoms with van der Waals surface area (Å²) in [6.07, 6.45) is 2.17. The van der Waals surface area contributed by atoms with E-state index in [9.17, 15) is 15.0 Å². The fourth-order valence-corrected chi connectivity index (χ4v) is 4.46. The van der Waals surface area contributed by atoms with Crippen LogP contribution in [0.4, 0.5) is 11.6 Å². The van der Waals surface area contributed by atoms with Crippen molar-refractivity contribution in [1.82, 2.24) is 19.7 Å². The van der Waals surface area contributed by atoms with Crippen molar-refractivity contribution in [2.45, 2.75) is 25.0 Å². The molecular weight excluding hydrogens is 558 g/mol. The van der Waals surface area contributed by atoms with Crippen LogP contribution in [0.25, 0.3) is 34.4 Å². The van der Waals surface area contributed by atoms with Gasteiger partial charge in [0.2, 0.25) is 5.95 Å². The molecule has 42 heavy (non-hydrogen) atoms. The molecule has 0 amide bonds. The van der Waals surface area contributed by atoms with Gasteiger partial charge in [0.1, 0.15) is 5.69 Å². The Bertz CT molecular complexity index is 1630. The minimum absolute atomic E-state index is 0. The third-order valence-corrected chi connectivity index (χ3v) is 6.31. The Labute approximate surface area is 273 Å². The maximum absolute atomic E-state index is 11.0. The summed E-state index contributed by atoms with van der Waals surface area (Å²) < 4.78 is 1.75. The SMILES string of the molecule is O=C(O)C[C@H](O)C[C@H](O)C=Cc1c(-c2ccccc2)nn(-c2ccnc(Nc3ccccc3)n2)c1-c1ccccc1.[CaH2]. The normalized spacial score (nSPS) is 12.4. The first-order chi connectivity index (χ1) is 20.0. The monoisotopic (exact) mass is 589 g/mol. The standard InChI is InChI=1S/C32H29N5O4.Ca.2H/c38-25(20-26(39)21-29(40)41)16-17-27-30(22-10-4-1-5-11-22)36-37(31(27)23-12-6-2-7-13-23)28-18-19-33-32(35-28)34-24-14-8-3-9-15-24;;;/h1-19,25-26,38-39H,20-21H2,(H,40,41)(H,33,34,35);;;/t25-,26-;;;/m1.../s1. The molecule has 0 unspecified atom stereocenters. The fourth-order valence-electron chi connectivity index (χ4n) is 4.46. The number of nitrogens with zero attached hydrogens (tertiary/aromatic N) is 4. The molecule has 4 N–H and O–H groups in total. The van der Waals surface area contributed by atoms with Gasteiger partial charge in [0.15, 0.2) is 5.82 Å². The van der Waals surface area contributed by atoms with E-state index in [1.807, 2.05) is 91.0 Å². The van der Waals surface area contributed by atoms with Crippen molar-refractivity contribution in [2.24, 2.45) is 0 Å². The van der Waals surface area contributed by atoms with Crippen molar-refractivity contribution in [3.8, 4) is 28.3 Å². The zero-order chi connectivity index (χ0) is 28.6. The summed E-state index contributed by atoms with van der Waals surface area (Å²) >= 11 is 0. The summed E-state index contributed by atoms with van der Waals surface area (Å²) in [6.45, 7) is 0. The Morgan fingerprint density at radius 1 is 0.881 bits per heavy atom. The molecule has 0 saturated carbocycles. The Morgan fingerprint density at radius 2 is 1.50 bits per heavy atom. The van der Waals surface area contributed by atoms with E-state index in [-0.39, 0.29) is 44.2 Å². The van der Waals surface area contributed by atoms with Gasteiger partial charge in [0, 0.05) is 41.1 Å². The van der Waals surface area contributed by atoms with Gasteiger partial charge in [-0.1, -0.05) is 91.0 Å². The topological polar surface area (TPSA) is 133 Å². The summed E-state index contributed by atoms with van der Waals surface area (Å²) in [7, 11) is 0. The van der Waals surface area contributed by atoms with Gasteiger partial charge in [-0.2, -0.15) is 10.1 Å². The predicted molar refractivity (Wildman–Crippen MR) is 166 cm³/mol. The van der Waals surface area contributed by atoms with E-state index < -0.39 is 24.6 Å². The van der Waals surface area contributed by atoms with Crippen molar-refractivity contribution >= 4 is 61.4 Å². The van der Waals surface area contributed by atoms with Crippen LogP contribution < -0.4 is 5.32 Å². The molecule has 0 aliphatic carbocycles. The number of para-hydroxylation sites is 1. The Balaban J connectivity index is 0.00000405. The molecule has 2 heterocycles. The minimum atomic E-state index is -1.17. The predicted octanol–water partition coefficient (Wildman–Crippen LogP) is 4.42. The van der Waals surface area contributed by atoms with E-state index in [4.69, 9.17) is 15.2 Å². The van der Waals surface area contributed by atoms with E-state index in [1.54, 1.807) is 29.1 Å². The van der Waals surface area contributed by atoms with Gasteiger partial charge in [0.25, 0.3) is 0 Å². The van der Waals surface area contributed by atoms with E-state index in [0.717, 1.165) is 28.1 Å². The maximum atomic E-state index is 11.0. The molecule has 0 spiro atoms. The number of aliphatic hydroxyl groups excluding tert-OH is 2. The summed E-state index contributed by atoms with van der Waals surface area (Å²) in [5, 5.41) is 37.8. The number of hydrogen-bond donors (Lipinski definition) is 4. The van der Waals surface area contributed by atoms with Crippen molar-refractivity contribution < 1.29 is 20.1 Å². The molecule has 2 atom stereocenters. The van der Waals surface area contributed by atoms with Gasteiger partial charge < -0.3 is 20.6 Å². The number of rotatable bonds is 11. The van der Waals surface area contributed by atoms with E-state index in [2.05, 4.69) is 10.3 Å². The number of aliphatic hydroxyl groups is 2. The van der Waals surface area contributed by atoms with Crippen LogP contribution in [0.1, 0.15) is 18.4 Å². The van der Waals surface area contributed by atoms with Crippen molar-refractivity contribution in [3.63, 3.8) is 0 Å². The van der Waals surface area contributed by atoms with E-state index in [1.165, 1.54) is 0 Å². The van der Waals surface area contributed by atoms with Gasteiger partial charge in [-0.05, 0) is 12.1 Å². The van der Waals surface area contributed by atoms with Crippen LogP contribution in [0, 0.1) is 0 Å². The van der Waals surface area contributed by atoms with Gasteiger partial charge in [-0.15, -0.1) is 0 Å². The van der Waals surface area contributed by atoms with Gasteiger partial charge in [0.05, 0.1) is 24.3 Å². The average molecular weight is 590 g/mol. The van der Waals surface area contributed by atoms with E-state index in [0.29, 0.717) is 17.5 Å². The van der Waals surface area contributed by atoms with Crippen LogP contribution in [0.15, 0.2) is 109 Å². The van der Waals surface area contributed by atoms with Crippen molar-refractivity contribution in [1.29, 1.82) is 0 Å². The summed E-state index contributed by atoms with van der Waals surface area (Å²) in [6, 6.07) is 30.8. The first-order valence-corrected chi connectivity index (χ1v) is 13.1. The first kappa shape index (κ1) is 31.1. The number of aromatic nitrogens is 4. The third-order valence-electron chi connectivity index (χ3n) is 6.31. The number of nitrogens with one attached hydrogen (secondary N) is 1. The number of hydrogen-bond acceptors (Lipinski definition) is 7. The number of benzene rings is 3. The number of aliphatic carboxylic acids is 1. The Morgan fingerprint density at radius 3 is 2.14 bits per heavy atom.